The Morgan fingerprint density at radius 3 is 2.62 bits per heavy atom. The molecule has 2 N–H and O–H groups in total. The fourth-order valence-electron chi connectivity index (χ4n) is 2.17. The van der Waals surface area contributed by atoms with Gasteiger partial charge < -0.3 is 9.84 Å². The lowest BCUT2D eigenvalue weighted by atomic mass is 10.1. The van der Waals surface area contributed by atoms with Crippen LogP contribution in [0, 0.1) is 6.92 Å². The SMILES string of the molecule is COC(=O)C(NCc1cc(C)ccc1O)c1ccccc1. The second-order valence-electron chi connectivity index (χ2n) is 4.88. The van der Waals surface area contributed by atoms with Crippen LogP contribution >= 0.6 is 0 Å². The highest BCUT2D eigenvalue weighted by atomic mass is 16.5. The van der Waals surface area contributed by atoms with Crippen LogP contribution in [0.25, 0.3) is 0 Å². The third-order valence-corrected chi connectivity index (χ3v) is 3.30. The van der Waals surface area contributed by atoms with E-state index in [1.807, 2.05) is 49.4 Å². The molecule has 0 spiro atoms. The van der Waals surface area contributed by atoms with Crippen LogP contribution < -0.4 is 5.32 Å². The quantitative estimate of drug-likeness (QED) is 0.829. The first-order valence-corrected chi connectivity index (χ1v) is 6.76. The lowest BCUT2D eigenvalue weighted by Crippen LogP contribution is -2.29. The first-order chi connectivity index (χ1) is 10.1. The van der Waals surface area contributed by atoms with Gasteiger partial charge in [0, 0.05) is 12.1 Å². The van der Waals surface area contributed by atoms with Crippen LogP contribution in [0.2, 0.25) is 0 Å². The van der Waals surface area contributed by atoms with Crippen LogP contribution in [0.4, 0.5) is 0 Å². The molecule has 0 amide bonds. The van der Waals surface area contributed by atoms with Gasteiger partial charge in [0.05, 0.1) is 7.11 Å². The maximum atomic E-state index is 11.9. The number of carbonyl (C=O) groups is 1. The van der Waals surface area contributed by atoms with E-state index in [1.165, 1.54) is 7.11 Å². The molecule has 2 aromatic carbocycles. The summed E-state index contributed by atoms with van der Waals surface area (Å²) in [4.78, 5) is 11.9. The molecular weight excluding hydrogens is 266 g/mol. The van der Waals surface area contributed by atoms with Crippen LogP contribution in [-0.2, 0) is 16.1 Å². The maximum Gasteiger partial charge on any atom is 0.327 e. The third kappa shape index (κ3) is 3.83. The largest absolute Gasteiger partial charge is 0.508 e. The van der Waals surface area contributed by atoms with Crippen molar-refractivity contribution in [1.29, 1.82) is 0 Å². The minimum atomic E-state index is -0.559. The van der Waals surface area contributed by atoms with Gasteiger partial charge in [-0.2, -0.15) is 0 Å². The number of methoxy groups -OCH3 is 1. The zero-order valence-corrected chi connectivity index (χ0v) is 12.2. The van der Waals surface area contributed by atoms with Crippen molar-refractivity contribution in [3.05, 3.63) is 65.2 Å². The van der Waals surface area contributed by atoms with Gasteiger partial charge in [-0.25, -0.2) is 4.79 Å². The first-order valence-electron chi connectivity index (χ1n) is 6.76. The molecule has 0 heterocycles. The van der Waals surface area contributed by atoms with E-state index in [0.29, 0.717) is 6.54 Å². The second kappa shape index (κ2) is 6.90. The van der Waals surface area contributed by atoms with E-state index in [2.05, 4.69) is 5.32 Å². The Morgan fingerprint density at radius 2 is 1.95 bits per heavy atom. The van der Waals surface area contributed by atoms with Gasteiger partial charge in [0.15, 0.2) is 0 Å². The number of aryl methyl sites for hydroxylation is 1. The molecule has 2 rings (SSSR count). The molecule has 0 saturated carbocycles. The van der Waals surface area contributed by atoms with Gasteiger partial charge >= 0.3 is 5.97 Å². The highest BCUT2D eigenvalue weighted by molar-refractivity contribution is 5.77. The molecule has 1 atom stereocenters. The Hall–Kier alpha value is -2.33. The molecule has 0 aliphatic carbocycles. The molecular formula is C17H19NO3. The summed E-state index contributed by atoms with van der Waals surface area (Å²) in [6.07, 6.45) is 0. The van der Waals surface area contributed by atoms with Gasteiger partial charge in [-0.05, 0) is 18.6 Å². The van der Waals surface area contributed by atoms with Gasteiger partial charge in [0.2, 0.25) is 0 Å². The molecule has 21 heavy (non-hydrogen) atoms. The number of aromatic hydroxyl groups is 1. The van der Waals surface area contributed by atoms with Crippen molar-refractivity contribution < 1.29 is 14.6 Å². The fraction of sp³-hybridized carbons (Fsp3) is 0.235. The van der Waals surface area contributed by atoms with Crippen LogP contribution in [0.15, 0.2) is 48.5 Å². The van der Waals surface area contributed by atoms with Crippen LogP contribution in [-0.4, -0.2) is 18.2 Å². The Balaban J connectivity index is 2.16. The number of hydrogen-bond acceptors (Lipinski definition) is 4. The Morgan fingerprint density at radius 1 is 1.24 bits per heavy atom. The highest BCUT2D eigenvalue weighted by Crippen LogP contribution is 2.20. The van der Waals surface area contributed by atoms with Crippen molar-refractivity contribution in [3.63, 3.8) is 0 Å². The summed E-state index contributed by atoms with van der Waals surface area (Å²) < 4.78 is 4.85. The number of phenolic OH excluding ortho intramolecular Hbond substituents is 1. The molecule has 110 valence electrons. The zero-order chi connectivity index (χ0) is 15.2. The number of phenols is 1. The Bertz CT molecular complexity index is 611. The molecule has 0 aromatic heterocycles. The standard InChI is InChI=1S/C17H19NO3/c1-12-8-9-15(19)14(10-12)11-18-16(17(20)21-2)13-6-4-3-5-7-13/h3-10,16,18-19H,11H2,1-2H3. The molecule has 1 unspecified atom stereocenters. The van der Waals surface area contributed by atoms with E-state index in [1.54, 1.807) is 6.07 Å². The lowest BCUT2D eigenvalue weighted by molar-refractivity contribution is -0.143. The van der Waals surface area contributed by atoms with E-state index in [-0.39, 0.29) is 11.7 Å². The fourth-order valence-corrected chi connectivity index (χ4v) is 2.17. The summed E-state index contributed by atoms with van der Waals surface area (Å²) in [6.45, 7) is 2.33. The van der Waals surface area contributed by atoms with Crippen LogP contribution in [0.3, 0.4) is 0 Å². The predicted octanol–water partition coefficient (Wildman–Crippen LogP) is 2.70. The van der Waals surface area contributed by atoms with E-state index >= 15 is 0 Å². The summed E-state index contributed by atoms with van der Waals surface area (Å²) in [6, 6.07) is 14.2. The average Bonchev–Trinajstić information content (AvgIpc) is 2.51. The van der Waals surface area contributed by atoms with Crippen molar-refractivity contribution >= 4 is 5.97 Å². The normalized spacial score (nSPS) is 11.9. The van der Waals surface area contributed by atoms with Gasteiger partial charge in [-0.1, -0.05) is 48.0 Å². The Kier molecular flexibility index (Phi) is 4.95. The minimum absolute atomic E-state index is 0.213. The number of nitrogens with one attached hydrogen (secondary N) is 1. The first kappa shape index (κ1) is 15.1. The molecule has 0 fully saturated rings. The van der Waals surface area contributed by atoms with E-state index < -0.39 is 6.04 Å². The van der Waals surface area contributed by atoms with Gasteiger partial charge in [-0.3, -0.25) is 5.32 Å². The third-order valence-electron chi connectivity index (χ3n) is 3.30. The van der Waals surface area contributed by atoms with Gasteiger partial charge in [0.1, 0.15) is 11.8 Å². The van der Waals surface area contributed by atoms with Crippen molar-refractivity contribution in [2.75, 3.05) is 7.11 Å². The molecule has 0 bridgehead atoms. The van der Waals surface area contributed by atoms with Gasteiger partial charge in [-0.15, -0.1) is 0 Å². The summed E-state index contributed by atoms with van der Waals surface area (Å²) in [5, 5.41) is 13.0. The molecule has 0 saturated heterocycles. The molecule has 0 aliphatic heterocycles. The topological polar surface area (TPSA) is 58.6 Å². The van der Waals surface area contributed by atoms with Crippen molar-refractivity contribution in [1.82, 2.24) is 5.32 Å². The highest BCUT2D eigenvalue weighted by Gasteiger charge is 2.20. The second-order valence-corrected chi connectivity index (χ2v) is 4.88. The smallest absolute Gasteiger partial charge is 0.327 e. The van der Waals surface area contributed by atoms with Crippen molar-refractivity contribution in [2.24, 2.45) is 0 Å². The van der Waals surface area contributed by atoms with Crippen molar-refractivity contribution in [2.45, 2.75) is 19.5 Å². The Labute approximate surface area is 124 Å². The summed E-state index contributed by atoms with van der Waals surface area (Å²) in [5.74, 6) is -0.141. The average molecular weight is 285 g/mol. The number of rotatable bonds is 5. The number of esters is 1. The van der Waals surface area contributed by atoms with Crippen LogP contribution in [0.5, 0.6) is 5.75 Å². The van der Waals surface area contributed by atoms with Crippen LogP contribution in [0.1, 0.15) is 22.7 Å². The van der Waals surface area contributed by atoms with E-state index in [4.69, 9.17) is 4.74 Å². The number of hydrogen-bond donors (Lipinski definition) is 2. The number of ether oxygens (including phenoxy) is 1. The van der Waals surface area contributed by atoms with E-state index in [9.17, 15) is 9.90 Å². The number of carbonyl (C=O) groups excluding carboxylic acids is 1. The minimum Gasteiger partial charge on any atom is -0.508 e. The predicted molar refractivity (Wildman–Crippen MR) is 80.9 cm³/mol. The molecule has 4 nitrogen and oxygen atoms in total. The number of benzene rings is 2. The summed E-state index contributed by atoms with van der Waals surface area (Å²) >= 11 is 0. The lowest BCUT2D eigenvalue weighted by Gasteiger charge is -2.17. The summed E-state index contributed by atoms with van der Waals surface area (Å²) in [7, 11) is 1.37. The molecule has 2 aromatic rings. The molecule has 0 radical (unpaired) electrons. The maximum absolute atomic E-state index is 11.9. The van der Waals surface area contributed by atoms with Gasteiger partial charge in [0.25, 0.3) is 0 Å². The summed E-state index contributed by atoms with van der Waals surface area (Å²) in [5.41, 5.74) is 2.63. The molecule has 0 aliphatic rings. The van der Waals surface area contributed by atoms with E-state index in [0.717, 1.165) is 16.7 Å². The molecule has 4 heteroatoms. The zero-order valence-electron chi connectivity index (χ0n) is 12.2. The monoisotopic (exact) mass is 285 g/mol. The van der Waals surface area contributed by atoms with Crippen molar-refractivity contribution in [3.8, 4) is 5.75 Å².